The van der Waals surface area contributed by atoms with Crippen molar-refractivity contribution in [3.05, 3.63) is 0 Å². The monoisotopic (exact) mass is 255 g/mol. The molecule has 1 rings (SSSR count). The van der Waals surface area contributed by atoms with Gasteiger partial charge in [0.2, 0.25) is 5.91 Å². The molecule has 1 aliphatic rings. The zero-order valence-corrected chi connectivity index (χ0v) is 11.7. The second kappa shape index (κ2) is 6.76. The molecule has 0 saturated heterocycles. The Morgan fingerprint density at radius 3 is 2.22 bits per heavy atom. The van der Waals surface area contributed by atoms with Crippen LogP contribution in [0, 0.1) is 11.8 Å². The molecule has 1 saturated carbocycles. The summed E-state index contributed by atoms with van der Waals surface area (Å²) in [5.41, 5.74) is 0. The number of carbonyl (C=O) groups is 2. The maximum absolute atomic E-state index is 11.9. The molecule has 0 spiro atoms. The summed E-state index contributed by atoms with van der Waals surface area (Å²) in [5.74, 6) is 0.199. The van der Waals surface area contributed by atoms with Gasteiger partial charge in [-0.25, -0.2) is 0 Å². The van der Waals surface area contributed by atoms with Crippen LogP contribution in [-0.2, 0) is 9.59 Å². The van der Waals surface area contributed by atoms with Gasteiger partial charge < -0.3 is 10.0 Å². The van der Waals surface area contributed by atoms with Gasteiger partial charge in [-0.05, 0) is 37.5 Å². The summed E-state index contributed by atoms with van der Waals surface area (Å²) in [6.45, 7) is 4.10. The van der Waals surface area contributed by atoms with Gasteiger partial charge in [-0.3, -0.25) is 9.59 Å². The normalized spacial score (nSPS) is 24.0. The molecule has 0 aromatic carbocycles. The fourth-order valence-electron chi connectivity index (χ4n) is 2.68. The molecule has 0 bridgehead atoms. The van der Waals surface area contributed by atoms with Gasteiger partial charge in [0.15, 0.2) is 0 Å². The average molecular weight is 255 g/mol. The summed E-state index contributed by atoms with van der Waals surface area (Å²) in [7, 11) is 1.88. The van der Waals surface area contributed by atoms with E-state index in [0.717, 1.165) is 25.7 Å². The molecule has 0 aromatic heterocycles. The lowest BCUT2D eigenvalue weighted by Gasteiger charge is -2.34. The molecule has 104 valence electrons. The number of hydrogen-bond acceptors (Lipinski definition) is 2. The van der Waals surface area contributed by atoms with Gasteiger partial charge in [0, 0.05) is 25.9 Å². The van der Waals surface area contributed by atoms with Crippen molar-refractivity contribution in [3.63, 3.8) is 0 Å². The highest BCUT2D eigenvalue weighted by atomic mass is 16.4. The van der Waals surface area contributed by atoms with Gasteiger partial charge in [-0.1, -0.05) is 13.8 Å². The highest BCUT2D eigenvalue weighted by molar-refractivity contribution is 5.76. The molecule has 0 aromatic rings. The first-order valence-corrected chi connectivity index (χ1v) is 6.87. The van der Waals surface area contributed by atoms with Crippen LogP contribution in [-0.4, -0.2) is 35.0 Å². The van der Waals surface area contributed by atoms with E-state index in [1.165, 1.54) is 0 Å². The van der Waals surface area contributed by atoms with Gasteiger partial charge in [0.05, 0.1) is 0 Å². The fraction of sp³-hybridized carbons (Fsp3) is 0.857. The molecular formula is C14H25NO3. The van der Waals surface area contributed by atoms with Gasteiger partial charge in [0.1, 0.15) is 0 Å². The van der Waals surface area contributed by atoms with Crippen molar-refractivity contribution in [2.45, 2.75) is 58.4 Å². The van der Waals surface area contributed by atoms with E-state index in [0.29, 0.717) is 24.3 Å². The Hall–Kier alpha value is -1.06. The standard InChI is InChI=1S/C14H25NO3/c1-10(2)8-13(16)15(3)12-6-4-11(5-7-12)9-14(17)18/h10-12H,4-9H2,1-3H3,(H,17,18). The van der Waals surface area contributed by atoms with Crippen LogP contribution in [0.25, 0.3) is 0 Å². The summed E-state index contributed by atoms with van der Waals surface area (Å²) >= 11 is 0. The minimum atomic E-state index is -0.706. The van der Waals surface area contributed by atoms with Gasteiger partial charge in [0.25, 0.3) is 0 Å². The quantitative estimate of drug-likeness (QED) is 0.821. The van der Waals surface area contributed by atoms with Crippen LogP contribution in [0.5, 0.6) is 0 Å². The van der Waals surface area contributed by atoms with Gasteiger partial charge in [-0.2, -0.15) is 0 Å². The molecule has 0 unspecified atom stereocenters. The third-order valence-corrected chi connectivity index (χ3v) is 3.80. The summed E-state index contributed by atoms with van der Waals surface area (Å²) < 4.78 is 0. The zero-order valence-electron chi connectivity index (χ0n) is 11.7. The summed E-state index contributed by atoms with van der Waals surface area (Å²) in [4.78, 5) is 24.5. The molecule has 0 atom stereocenters. The molecule has 4 nitrogen and oxygen atoms in total. The molecule has 0 aliphatic heterocycles. The zero-order chi connectivity index (χ0) is 13.7. The van der Waals surface area contributed by atoms with Crippen LogP contribution in [0.2, 0.25) is 0 Å². The number of carboxylic acid groups (broad SMARTS) is 1. The maximum Gasteiger partial charge on any atom is 0.303 e. The van der Waals surface area contributed by atoms with Gasteiger partial charge >= 0.3 is 5.97 Å². The number of hydrogen-bond donors (Lipinski definition) is 1. The second-order valence-electron chi connectivity index (χ2n) is 5.88. The summed E-state index contributed by atoms with van der Waals surface area (Å²) in [6.07, 6.45) is 4.62. The first kappa shape index (κ1) is 15.0. The first-order valence-electron chi connectivity index (χ1n) is 6.87. The highest BCUT2D eigenvalue weighted by Crippen LogP contribution is 2.29. The number of aliphatic carboxylic acids is 1. The maximum atomic E-state index is 11.9. The fourth-order valence-corrected chi connectivity index (χ4v) is 2.68. The average Bonchev–Trinajstić information content (AvgIpc) is 2.27. The van der Waals surface area contributed by atoms with Crippen molar-refractivity contribution in [1.82, 2.24) is 4.90 Å². The largest absolute Gasteiger partial charge is 0.481 e. The van der Waals surface area contributed by atoms with Crippen molar-refractivity contribution in [2.75, 3.05) is 7.05 Å². The van der Waals surface area contributed by atoms with E-state index in [2.05, 4.69) is 13.8 Å². The Balaban J connectivity index is 2.37. The van der Waals surface area contributed by atoms with E-state index >= 15 is 0 Å². The third-order valence-electron chi connectivity index (χ3n) is 3.80. The van der Waals surface area contributed by atoms with Crippen molar-refractivity contribution < 1.29 is 14.7 Å². The molecule has 4 heteroatoms. The third kappa shape index (κ3) is 4.67. The van der Waals surface area contributed by atoms with Gasteiger partial charge in [-0.15, -0.1) is 0 Å². The predicted octanol–water partition coefficient (Wildman–Crippen LogP) is 2.52. The van der Waals surface area contributed by atoms with Crippen LogP contribution in [0.4, 0.5) is 0 Å². The predicted molar refractivity (Wildman–Crippen MR) is 70.2 cm³/mol. The van der Waals surface area contributed by atoms with E-state index in [4.69, 9.17) is 5.11 Å². The number of amides is 1. The molecule has 0 heterocycles. The van der Waals surface area contributed by atoms with Crippen LogP contribution < -0.4 is 0 Å². The number of rotatable bonds is 5. The Kier molecular flexibility index (Phi) is 5.63. The van der Waals surface area contributed by atoms with E-state index < -0.39 is 5.97 Å². The van der Waals surface area contributed by atoms with Crippen LogP contribution in [0.1, 0.15) is 52.4 Å². The molecular weight excluding hydrogens is 230 g/mol. The molecule has 1 fully saturated rings. The first-order chi connectivity index (χ1) is 8.40. The summed E-state index contributed by atoms with van der Waals surface area (Å²) in [6, 6.07) is 0.307. The number of carboxylic acids is 1. The number of carbonyl (C=O) groups excluding carboxylic acids is 1. The Labute approximate surface area is 109 Å². The minimum Gasteiger partial charge on any atom is -0.481 e. The molecule has 1 aliphatic carbocycles. The molecule has 1 amide bonds. The second-order valence-corrected chi connectivity index (χ2v) is 5.88. The van der Waals surface area contributed by atoms with Crippen molar-refractivity contribution in [2.24, 2.45) is 11.8 Å². The SMILES string of the molecule is CC(C)CC(=O)N(C)C1CCC(CC(=O)O)CC1. The smallest absolute Gasteiger partial charge is 0.303 e. The van der Waals surface area contributed by atoms with E-state index in [1.807, 2.05) is 11.9 Å². The Morgan fingerprint density at radius 2 is 1.78 bits per heavy atom. The van der Waals surface area contributed by atoms with E-state index in [-0.39, 0.29) is 12.3 Å². The van der Waals surface area contributed by atoms with E-state index in [1.54, 1.807) is 0 Å². The van der Waals surface area contributed by atoms with Crippen molar-refractivity contribution in [3.8, 4) is 0 Å². The lowest BCUT2D eigenvalue weighted by Crippen LogP contribution is -2.40. The van der Waals surface area contributed by atoms with Crippen LogP contribution in [0.15, 0.2) is 0 Å². The molecule has 1 N–H and O–H groups in total. The molecule has 18 heavy (non-hydrogen) atoms. The van der Waals surface area contributed by atoms with Crippen molar-refractivity contribution >= 4 is 11.9 Å². The van der Waals surface area contributed by atoms with Crippen LogP contribution >= 0.6 is 0 Å². The topological polar surface area (TPSA) is 57.6 Å². The molecule has 0 radical (unpaired) electrons. The Bertz CT molecular complexity index is 293. The van der Waals surface area contributed by atoms with Crippen LogP contribution in [0.3, 0.4) is 0 Å². The van der Waals surface area contributed by atoms with Crippen molar-refractivity contribution in [1.29, 1.82) is 0 Å². The highest BCUT2D eigenvalue weighted by Gasteiger charge is 2.27. The Morgan fingerprint density at radius 1 is 1.22 bits per heavy atom. The number of nitrogens with zero attached hydrogens (tertiary/aromatic N) is 1. The lowest BCUT2D eigenvalue weighted by atomic mass is 9.83. The summed E-state index contributed by atoms with van der Waals surface area (Å²) in [5, 5.41) is 8.76. The minimum absolute atomic E-state index is 0.215. The van der Waals surface area contributed by atoms with E-state index in [9.17, 15) is 9.59 Å². The lowest BCUT2D eigenvalue weighted by molar-refractivity contribution is -0.139.